The van der Waals surface area contributed by atoms with E-state index >= 15 is 0 Å². The minimum absolute atomic E-state index is 0.128. The maximum Gasteiger partial charge on any atom is 0.208 e. The first-order valence-electron chi connectivity index (χ1n) is 7.41. The van der Waals surface area contributed by atoms with Crippen LogP contribution < -0.4 is 0 Å². The fourth-order valence-electron chi connectivity index (χ4n) is 2.92. The van der Waals surface area contributed by atoms with Gasteiger partial charge >= 0.3 is 0 Å². The maximum atomic E-state index is 9.38. The predicted molar refractivity (Wildman–Crippen MR) is 81.3 cm³/mol. The van der Waals surface area contributed by atoms with Crippen LogP contribution in [0.25, 0.3) is 0 Å². The van der Waals surface area contributed by atoms with Crippen LogP contribution in [0.5, 0.6) is 0 Å². The van der Waals surface area contributed by atoms with E-state index in [1.165, 1.54) is 12.8 Å². The topological polar surface area (TPSA) is 65.4 Å². The first kappa shape index (κ1) is 15.4. The molecule has 0 aromatic carbocycles. The predicted octanol–water partition coefficient (Wildman–Crippen LogP) is 3.95. The highest BCUT2D eigenvalue weighted by Gasteiger charge is 2.38. The molecule has 1 aliphatic rings. The zero-order chi connectivity index (χ0) is 14.8. The molecule has 5 heteroatoms. The van der Waals surface area contributed by atoms with Crippen LogP contribution in [-0.4, -0.2) is 20.4 Å². The molecule has 0 aliphatic heterocycles. The average Bonchev–Trinajstić information content (AvgIpc) is 2.84. The molecule has 1 aromatic rings. The van der Waals surface area contributed by atoms with Gasteiger partial charge in [-0.25, -0.2) is 4.98 Å². The van der Waals surface area contributed by atoms with Crippen molar-refractivity contribution in [3.05, 3.63) is 5.82 Å². The minimum atomic E-state index is 0.128. The van der Waals surface area contributed by atoms with Crippen molar-refractivity contribution in [2.75, 3.05) is 0 Å². The van der Waals surface area contributed by atoms with Crippen LogP contribution in [-0.2, 0) is 0 Å². The van der Waals surface area contributed by atoms with Crippen molar-refractivity contribution in [3.8, 4) is 6.07 Å². The van der Waals surface area contributed by atoms with E-state index in [0.29, 0.717) is 16.6 Å². The van der Waals surface area contributed by atoms with Crippen molar-refractivity contribution >= 4 is 11.8 Å². The highest BCUT2D eigenvalue weighted by atomic mass is 32.2. The minimum Gasteiger partial charge on any atom is -0.262 e. The molecule has 1 heterocycles. The Labute approximate surface area is 125 Å². The summed E-state index contributed by atoms with van der Waals surface area (Å²) in [6.07, 6.45) is 4.46. The standard InChI is InChI=1S/C15H24N4S/c1-5-15(3,4)12-7-6-11(9-16)13(8-12)20-14-17-10(2)18-19-14/h11-13H,5-8H2,1-4H3,(H,17,18,19). The Morgan fingerprint density at radius 3 is 2.75 bits per heavy atom. The number of nitrogens with one attached hydrogen (secondary N) is 1. The molecule has 0 saturated heterocycles. The molecule has 1 aliphatic carbocycles. The summed E-state index contributed by atoms with van der Waals surface area (Å²) < 4.78 is 0. The second kappa shape index (κ2) is 6.17. The molecular weight excluding hydrogens is 268 g/mol. The van der Waals surface area contributed by atoms with E-state index in [1.54, 1.807) is 11.8 Å². The fourth-order valence-corrected chi connectivity index (χ4v) is 4.16. The summed E-state index contributed by atoms with van der Waals surface area (Å²) in [6, 6.07) is 2.48. The summed E-state index contributed by atoms with van der Waals surface area (Å²) in [7, 11) is 0. The van der Waals surface area contributed by atoms with Crippen molar-refractivity contribution < 1.29 is 0 Å². The van der Waals surface area contributed by atoms with Crippen molar-refractivity contribution in [1.29, 1.82) is 5.26 Å². The van der Waals surface area contributed by atoms with Gasteiger partial charge in [-0.3, -0.25) is 5.10 Å². The van der Waals surface area contributed by atoms with E-state index in [1.807, 2.05) is 6.92 Å². The third-order valence-electron chi connectivity index (χ3n) is 4.81. The number of hydrogen-bond acceptors (Lipinski definition) is 4. The van der Waals surface area contributed by atoms with Crippen molar-refractivity contribution in [2.45, 2.75) is 63.8 Å². The van der Waals surface area contributed by atoms with Crippen molar-refractivity contribution in [1.82, 2.24) is 15.2 Å². The second-order valence-electron chi connectivity index (χ2n) is 6.45. The number of aryl methyl sites for hydroxylation is 1. The molecule has 1 N–H and O–H groups in total. The van der Waals surface area contributed by atoms with Crippen LogP contribution in [0.15, 0.2) is 5.16 Å². The van der Waals surface area contributed by atoms with E-state index < -0.39 is 0 Å². The van der Waals surface area contributed by atoms with Gasteiger partial charge in [-0.05, 0) is 37.5 Å². The van der Waals surface area contributed by atoms with Crippen LogP contribution in [0.4, 0.5) is 0 Å². The molecule has 0 radical (unpaired) electrons. The fraction of sp³-hybridized carbons (Fsp3) is 0.800. The molecule has 110 valence electrons. The van der Waals surface area contributed by atoms with Gasteiger partial charge in [0.2, 0.25) is 5.16 Å². The Hall–Kier alpha value is -1.02. The van der Waals surface area contributed by atoms with Gasteiger partial charge in [-0.2, -0.15) is 5.26 Å². The van der Waals surface area contributed by atoms with Gasteiger partial charge in [0, 0.05) is 5.25 Å². The molecule has 1 saturated carbocycles. The lowest BCUT2D eigenvalue weighted by molar-refractivity contribution is 0.144. The second-order valence-corrected chi connectivity index (χ2v) is 7.65. The number of thioether (sulfide) groups is 1. The van der Waals surface area contributed by atoms with E-state index in [4.69, 9.17) is 0 Å². The Kier molecular flexibility index (Phi) is 4.74. The van der Waals surface area contributed by atoms with E-state index in [0.717, 1.165) is 23.8 Å². The van der Waals surface area contributed by atoms with Crippen molar-refractivity contribution in [3.63, 3.8) is 0 Å². The molecular formula is C15H24N4S. The van der Waals surface area contributed by atoms with Gasteiger partial charge in [-0.15, -0.1) is 5.10 Å². The number of aromatic amines is 1. The summed E-state index contributed by atoms with van der Waals surface area (Å²) in [4.78, 5) is 4.37. The highest BCUT2D eigenvalue weighted by molar-refractivity contribution is 7.99. The van der Waals surface area contributed by atoms with Gasteiger partial charge in [0.05, 0.1) is 12.0 Å². The first-order valence-corrected chi connectivity index (χ1v) is 8.29. The number of rotatable bonds is 4. The summed E-state index contributed by atoms with van der Waals surface area (Å²) in [6.45, 7) is 8.87. The zero-order valence-electron chi connectivity index (χ0n) is 12.8. The molecule has 3 unspecified atom stereocenters. The molecule has 0 amide bonds. The number of hydrogen-bond donors (Lipinski definition) is 1. The maximum absolute atomic E-state index is 9.38. The number of nitriles is 1. The Morgan fingerprint density at radius 1 is 1.45 bits per heavy atom. The van der Waals surface area contributed by atoms with E-state index in [9.17, 15) is 5.26 Å². The van der Waals surface area contributed by atoms with Gasteiger partial charge in [0.25, 0.3) is 0 Å². The molecule has 1 fully saturated rings. The smallest absolute Gasteiger partial charge is 0.208 e. The normalized spacial score (nSPS) is 27.2. The van der Waals surface area contributed by atoms with Gasteiger partial charge in [0.1, 0.15) is 5.82 Å². The van der Waals surface area contributed by atoms with Crippen LogP contribution in [0, 0.1) is 35.5 Å². The molecule has 4 nitrogen and oxygen atoms in total. The summed E-state index contributed by atoms with van der Waals surface area (Å²) >= 11 is 1.67. The highest BCUT2D eigenvalue weighted by Crippen LogP contribution is 2.46. The van der Waals surface area contributed by atoms with Crippen LogP contribution in [0.3, 0.4) is 0 Å². The van der Waals surface area contributed by atoms with Gasteiger partial charge in [0.15, 0.2) is 0 Å². The summed E-state index contributed by atoms with van der Waals surface area (Å²) in [5.74, 6) is 1.65. The number of H-pyrrole nitrogens is 1. The molecule has 3 atom stereocenters. The Bertz CT molecular complexity index is 488. The van der Waals surface area contributed by atoms with E-state index in [-0.39, 0.29) is 5.92 Å². The third-order valence-corrected chi connectivity index (χ3v) is 6.02. The molecule has 20 heavy (non-hydrogen) atoms. The molecule has 0 spiro atoms. The van der Waals surface area contributed by atoms with Gasteiger partial charge in [-0.1, -0.05) is 39.0 Å². The van der Waals surface area contributed by atoms with Crippen molar-refractivity contribution in [2.24, 2.45) is 17.3 Å². The zero-order valence-corrected chi connectivity index (χ0v) is 13.6. The third kappa shape index (κ3) is 3.35. The monoisotopic (exact) mass is 292 g/mol. The lowest BCUT2D eigenvalue weighted by Crippen LogP contribution is -2.34. The Morgan fingerprint density at radius 2 is 2.20 bits per heavy atom. The first-order chi connectivity index (χ1) is 9.46. The lowest BCUT2D eigenvalue weighted by atomic mass is 9.67. The Balaban J connectivity index is 2.09. The largest absolute Gasteiger partial charge is 0.262 e. The van der Waals surface area contributed by atoms with Crippen LogP contribution in [0.2, 0.25) is 0 Å². The molecule has 0 bridgehead atoms. The van der Waals surface area contributed by atoms with E-state index in [2.05, 4.69) is 42.0 Å². The SMILES string of the molecule is CCC(C)(C)C1CCC(C#N)C(Sc2n[nH]c(C)n2)C1. The summed E-state index contributed by atoms with van der Waals surface area (Å²) in [5, 5.41) is 17.6. The number of aromatic nitrogens is 3. The van der Waals surface area contributed by atoms with Crippen LogP contribution >= 0.6 is 11.8 Å². The summed E-state index contributed by atoms with van der Waals surface area (Å²) in [5.41, 5.74) is 0.355. The quantitative estimate of drug-likeness (QED) is 0.912. The lowest BCUT2D eigenvalue weighted by Gasteiger charge is -2.40. The van der Waals surface area contributed by atoms with Gasteiger partial charge < -0.3 is 0 Å². The van der Waals surface area contributed by atoms with Crippen LogP contribution in [0.1, 0.15) is 52.3 Å². The molecule has 2 rings (SSSR count). The average molecular weight is 292 g/mol. The number of nitrogens with zero attached hydrogens (tertiary/aromatic N) is 3. The molecule has 1 aromatic heterocycles.